The number of carbonyl (C=O) groups is 1. The number of alkyl halides is 3. The van der Waals surface area contributed by atoms with Crippen LogP contribution in [0, 0.1) is 12.7 Å². The fourth-order valence-corrected chi connectivity index (χ4v) is 3.96. The van der Waals surface area contributed by atoms with Crippen LogP contribution >= 0.6 is 0 Å². The van der Waals surface area contributed by atoms with Crippen LogP contribution < -0.4 is 9.64 Å². The van der Waals surface area contributed by atoms with E-state index in [1.807, 2.05) is 0 Å². The Morgan fingerprint density at radius 2 is 1.79 bits per heavy atom. The zero-order valence-corrected chi connectivity index (χ0v) is 19.0. The summed E-state index contributed by atoms with van der Waals surface area (Å²) in [6, 6.07) is 4.51. The maximum absolute atomic E-state index is 14.2. The smallest absolute Gasteiger partial charge is 0.425 e. The standard InChI is InChI=1S/C21H23F4N3O4S/c1-13-10-17(22)19(26-12-13)27-6-8-28(9-7-27)20(29)16-11-15(33(3,30)31)4-5-18(16)32-14(2)21(23,24)25/h4-5,10-12,14H,6-9H2,1-3H3/t14-/m0/s1. The summed E-state index contributed by atoms with van der Waals surface area (Å²) in [5.41, 5.74) is 0.374. The van der Waals surface area contributed by atoms with Gasteiger partial charge < -0.3 is 14.5 Å². The van der Waals surface area contributed by atoms with Gasteiger partial charge in [0.1, 0.15) is 5.75 Å². The third-order valence-electron chi connectivity index (χ3n) is 5.20. The molecule has 1 amide bonds. The van der Waals surface area contributed by atoms with Crippen molar-refractivity contribution < 1.29 is 35.5 Å². The fourth-order valence-electron chi connectivity index (χ4n) is 3.32. The summed E-state index contributed by atoms with van der Waals surface area (Å²) in [5.74, 6) is -1.39. The topological polar surface area (TPSA) is 79.8 Å². The number of aryl methyl sites for hydroxylation is 1. The molecule has 0 saturated carbocycles. The summed E-state index contributed by atoms with van der Waals surface area (Å²) >= 11 is 0. The van der Waals surface area contributed by atoms with Crippen LogP contribution in [0.4, 0.5) is 23.4 Å². The fraction of sp³-hybridized carbons (Fsp3) is 0.429. The van der Waals surface area contributed by atoms with Gasteiger partial charge in [0, 0.05) is 38.6 Å². The van der Waals surface area contributed by atoms with E-state index in [0.717, 1.165) is 31.4 Å². The number of amides is 1. The number of benzene rings is 1. The maximum Gasteiger partial charge on any atom is 0.425 e. The van der Waals surface area contributed by atoms with Crippen LogP contribution in [0.15, 0.2) is 35.4 Å². The zero-order valence-electron chi connectivity index (χ0n) is 18.2. The van der Waals surface area contributed by atoms with Crippen LogP contribution in [0.2, 0.25) is 0 Å². The van der Waals surface area contributed by atoms with Crippen molar-refractivity contribution in [1.29, 1.82) is 0 Å². The number of aromatic nitrogens is 1. The van der Waals surface area contributed by atoms with Crippen molar-refractivity contribution in [3.63, 3.8) is 0 Å². The molecule has 1 aliphatic rings. The molecular formula is C21H23F4N3O4S. The highest BCUT2D eigenvalue weighted by Gasteiger charge is 2.39. The van der Waals surface area contributed by atoms with Gasteiger partial charge in [-0.1, -0.05) is 0 Å². The highest BCUT2D eigenvalue weighted by Crippen LogP contribution is 2.30. The number of anilines is 1. The second kappa shape index (κ2) is 9.16. The first kappa shape index (κ1) is 24.7. The quantitative estimate of drug-likeness (QED) is 0.600. The number of rotatable bonds is 5. The summed E-state index contributed by atoms with van der Waals surface area (Å²) in [6.45, 7) is 3.23. The van der Waals surface area contributed by atoms with Gasteiger partial charge in [-0.15, -0.1) is 0 Å². The summed E-state index contributed by atoms with van der Waals surface area (Å²) in [7, 11) is -3.72. The van der Waals surface area contributed by atoms with Gasteiger partial charge in [-0.2, -0.15) is 13.2 Å². The molecule has 1 saturated heterocycles. The number of hydrogen-bond acceptors (Lipinski definition) is 6. The van der Waals surface area contributed by atoms with Crippen molar-refractivity contribution in [3.8, 4) is 5.75 Å². The first-order chi connectivity index (χ1) is 15.3. The van der Waals surface area contributed by atoms with E-state index in [1.54, 1.807) is 11.8 Å². The van der Waals surface area contributed by atoms with Crippen molar-refractivity contribution >= 4 is 21.6 Å². The van der Waals surface area contributed by atoms with Crippen LogP contribution in [0.3, 0.4) is 0 Å². The molecular weight excluding hydrogens is 466 g/mol. The SMILES string of the molecule is Cc1cnc(N2CCN(C(=O)c3cc(S(C)(=O)=O)ccc3O[C@@H](C)C(F)(F)F)CC2)c(F)c1. The second-order valence-electron chi connectivity index (χ2n) is 7.83. The van der Waals surface area contributed by atoms with Crippen molar-refractivity contribution in [1.82, 2.24) is 9.88 Å². The molecule has 2 heterocycles. The molecule has 0 bridgehead atoms. The normalized spacial score (nSPS) is 16.0. The largest absolute Gasteiger partial charge is 0.480 e. The first-order valence-corrected chi connectivity index (χ1v) is 11.9. The van der Waals surface area contributed by atoms with Crippen LogP contribution in [-0.2, 0) is 9.84 Å². The molecule has 0 spiro atoms. The molecule has 7 nitrogen and oxygen atoms in total. The number of carbonyl (C=O) groups excluding carboxylic acids is 1. The highest BCUT2D eigenvalue weighted by atomic mass is 32.2. The lowest BCUT2D eigenvalue weighted by Crippen LogP contribution is -2.49. The van der Waals surface area contributed by atoms with E-state index in [-0.39, 0.29) is 48.2 Å². The van der Waals surface area contributed by atoms with Crippen LogP contribution in [0.1, 0.15) is 22.8 Å². The average Bonchev–Trinajstić information content (AvgIpc) is 2.72. The molecule has 33 heavy (non-hydrogen) atoms. The maximum atomic E-state index is 14.2. The van der Waals surface area contributed by atoms with Gasteiger partial charge in [0.2, 0.25) is 0 Å². The van der Waals surface area contributed by atoms with Gasteiger partial charge in [0.15, 0.2) is 27.6 Å². The number of pyridine rings is 1. The van der Waals surface area contributed by atoms with Crippen LogP contribution in [0.5, 0.6) is 5.75 Å². The molecule has 0 radical (unpaired) electrons. The number of nitrogens with zero attached hydrogens (tertiary/aromatic N) is 3. The molecule has 3 rings (SSSR count). The molecule has 0 aliphatic carbocycles. The number of sulfone groups is 1. The minimum atomic E-state index is -4.67. The van der Waals surface area contributed by atoms with Crippen molar-refractivity contribution in [2.45, 2.75) is 31.0 Å². The molecule has 180 valence electrons. The zero-order chi connectivity index (χ0) is 24.6. The first-order valence-electron chi connectivity index (χ1n) is 10.0. The Kier molecular flexibility index (Phi) is 6.87. The van der Waals surface area contributed by atoms with E-state index < -0.39 is 33.8 Å². The van der Waals surface area contributed by atoms with Gasteiger partial charge in [-0.05, 0) is 43.7 Å². The summed E-state index contributed by atoms with van der Waals surface area (Å²) in [5, 5.41) is 0. The molecule has 1 fully saturated rings. The molecule has 0 N–H and O–H groups in total. The number of piperazine rings is 1. The van der Waals surface area contributed by atoms with Crippen LogP contribution in [-0.4, -0.2) is 68.9 Å². The Hall–Kier alpha value is -2.89. The third kappa shape index (κ3) is 5.73. The van der Waals surface area contributed by atoms with Gasteiger partial charge in [0.25, 0.3) is 5.91 Å². The van der Waals surface area contributed by atoms with Crippen molar-refractivity contribution in [2.24, 2.45) is 0 Å². The third-order valence-corrected chi connectivity index (χ3v) is 6.31. The molecule has 0 unspecified atom stereocenters. The van der Waals surface area contributed by atoms with E-state index in [4.69, 9.17) is 4.74 Å². The lowest BCUT2D eigenvalue weighted by molar-refractivity contribution is -0.189. The lowest BCUT2D eigenvalue weighted by atomic mass is 10.1. The Morgan fingerprint density at radius 3 is 2.33 bits per heavy atom. The van der Waals surface area contributed by atoms with E-state index in [0.29, 0.717) is 5.56 Å². The van der Waals surface area contributed by atoms with E-state index in [1.165, 1.54) is 17.2 Å². The number of ether oxygens (including phenoxy) is 1. The summed E-state index contributed by atoms with van der Waals surface area (Å²) in [4.78, 5) is 20.0. The van der Waals surface area contributed by atoms with Crippen molar-refractivity contribution in [3.05, 3.63) is 47.4 Å². The van der Waals surface area contributed by atoms with Crippen molar-refractivity contribution in [2.75, 3.05) is 37.3 Å². The van der Waals surface area contributed by atoms with E-state index in [9.17, 15) is 30.8 Å². The summed E-state index contributed by atoms with van der Waals surface area (Å²) < 4.78 is 82.1. The minimum Gasteiger partial charge on any atom is -0.480 e. The highest BCUT2D eigenvalue weighted by molar-refractivity contribution is 7.90. The second-order valence-corrected chi connectivity index (χ2v) is 9.84. The van der Waals surface area contributed by atoms with E-state index in [2.05, 4.69) is 4.98 Å². The van der Waals surface area contributed by atoms with Gasteiger partial charge in [-0.25, -0.2) is 17.8 Å². The summed E-state index contributed by atoms with van der Waals surface area (Å²) in [6.07, 6.45) is -4.43. The molecule has 1 aromatic carbocycles. The Balaban J connectivity index is 1.84. The Bertz CT molecular complexity index is 1150. The minimum absolute atomic E-state index is 0.130. The lowest BCUT2D eigenvalue weighted by Gasteiger charge is -2.36. The monoisotopic (exact) mass is 489 g/mol. The van der Waals surface area contributed by atoms with Gasteiger partial charge in [0.05, 0.1) is 10.5 Å². The number of hydrogen-bond donors (Lipinski definition) is 0. The van der Waals surface area contributed by atoms with E-state index >= 15 is 0 Å². The van der Waals surface area contributed by atoms with Gasteiger partial charge in [-0.3, -0.25) is 4.79 Å². The molecule has 12 heteroatoms. The molecule has 2 aromatic rings. The average molecular weight is 489 g/mol. The predicted molar refractivity (Wildman–Crippen MR) is 113 cm³/mol. The molecule has 1 aliphatic heterocycles. The number of halogens is 4. The molecule has 1 atom stereocenters. The predicted octanol–water partition coefficient (Wildman–Crippen LogP) is 3.22. The van der Waals surface area contributed by atoms with Crippen LogP contribution in [0.25, 0.3) is 0 Å². The Labute approximate surface area is 188 Å². The Morgan fingerprint density at radius 1 is 1.15 bits per heavy atom. The molecule has 1 aromatic heterocycles. The van der Waals surface area contributed by atoms with Gasteiger partial charge >= 0.3 is 6.18 Å².